The number of aryl methyl sites for hydroxylation is 1. The lowest BCUT2D eigenvalue weighted by Crippen LogP contribution is -2.33. The van der Waals surface area contributed by atoms with Crippen molar-refractivity contribution in [1.29, 1.82) is 0 Å². The summed E-state index contributed by atoms with van der Waals surface area (Å²) in [5.74, 6) is 3.55. The zero-order valence-corrected chi connectivity index (χ0v) is 16.6. The number of hydrogen-bond acceptors (Lipinski definition) is 1. The van der Waals surface area contributed by atoms with Crippen LogP contribution in [0.1, 0.15) is 80.9 Å². The van der Waals surface area contributed by atoms with Crippen molar-refractivity contribution >= 4 is 0 Å². The van der Waals surface area contributed by atoms with Crippen molar-refractivity contribution in [2.45, 2.75) is 83.2 Å². The van der Waals surface area contributed by atoms with Gasteiger partial charge in [-0.05, 0) is 98.1 Å². The van der Waals surface area contributed by atoms with Gasteiger partial charge in [0.25, 0.3) is 0 Å². The van der Waals surface area contributed by atoms with Crippen LogP contribution in [0.5, 0.6) is 0 Å². The van der Waals surface area contributed by atoms with Gasteiger partial charge in [-0.25, -0.2) is 0 Å². The van der Waals surface area contributed by atoms with Crippen molar-refractivity contribution in [2.75, 3.05) is 6.61 Å². The molecule has 0 spiro atoms. The minimum absolute atomic E-state index is 0.487. The Hall–Kier alpha value is -1.08. The van der Waals surface area contributed by atoms with Gasteiger partial charge in [0.15, 0.2) is 0 Å². The van der Waals surface area contributed by atoms with Crippen LogP contribution in [0.3, 0.4) is 0 Å². The van der Waals surface area contributed by atoms with E-state index in [-0.39, 0.29) is 0 Å². The van der Waals surface area contributed by atoms with E-state index in [1.807, 2.05) is 6.08 Å². The average Bonchev–Trinajstić information content (AvgIpc) is 2.70. The van der Waals surface area contributed by atoms with Crippen molar-refractivity contribution < 1.29 is 4.74 Å². The molecule has 3 aliphatic rings. The van der Waals surface area contributed by atoms with Crippen LogP contribution in [0.25, 0.3) is 0 Å². The summed E-state index contributed by atoms with van der Waals surface area (Å²) in [5.41, 5.74) is 4.94. The third-order valence-electron chi connectivity index (χ3n) is 7.62. The van der Waals surface area contributed by atoms with Crippen LogP contribution in [0.15, 0.2) is 30.9 Å². The Bertz CT molecular complexity index is 619. The van der Waals surface area contributed by atoms with Crippen LogP contribution in [-0.4, -0.2) is 12.7 Å². The highest BCUT2D eigenvalue weighted by molar-refractivity contribution is 5.36. The lowest BCUT2D eigenvalue weighted by Gasteiger charge is -2.42. The molecule has 0 N–H and O–H groups in total. The molecule has 1 aromatic rings. The molecule has 1 aromatic carbocycles. The molecule has 5 atom stereocenters. The normalized spacial score (nSPS) is 34.0. The van der Waals surface area contributed by atoms with Gasteiger partial charge < -0.3 is 4.74 Å². The Morgan fingerprint density at radius 2 is 1.88 bits per heavy atom. The molecule has 142 valence electrons. The number of hydrogen-bond donors (Lipinski definition) is 0. The fourth-order valence-electron chi connectivity index (χ4n) is 5.96. The second kappa shape index (κ2) is 8.30. The van der Waals surface area contributed by atoms with E-state index < -0.39 is 0 Å². The van der Waals surface area contributed by atoms with Crippen LogP contribution >= 0.6 is 0 Å². The van der Waals surface area contributed by atoms with Crippen LogP contribution in [0, 0.1) is 17.8 Å². The maximum Gasteiger partial charge on any atom is 0.0648 e. The van der Waals surface area contributed by atoms with Gasteiger partial charge in [0.05, 0.1) is 12.7 Å². The third kappa shape index (κ3) is 3.93. The maximum absolute atomic E-state index is 5.95. The molecule has 1 heteroatoms. The van der Waals surface area contributed by atoms with Gasteiger partial charge in [0.2, 0.25) is 0 Å². The number of ether oxygens (including phenoxy) is 1. The van der Waals surface area contributed by atoms with E-state index >= 15 is 0 Å². The Balaban J connectivity index is 1.38. The standard InChI is InChI=1S/C25H36O/c1-3-13-26-25-12-11-23-16-22(9-10-24(23)17-25)21-8-7-19-14-18(4-2)5-6-20(19)15-21/h3,7-8,15,18,22-25H,1,4-6,9-14,16-17H2,2H3. The molecule has 0 bridgehead atoms. The van der Waals surface area contributed by atoms with Crippen LogP contribution in [0.4, 0.5) is 0 Å². The van der Waals surface area contributed by atoms with E-state index in [1.165, 1.54) is 64.2 Å². The molecule has 4 rings (SSSR count). The maximum atomic E-state index is 5.95. The monoisotopic (exact) mass is 352 g/mol. The van der Waals surface area contributed by atoms with Gasteiger partial charge in [-0.2, -0.15) is 0 Å². The molecule has 1 nitrogen and oxygen atoms in total. The molecule has 26 heavy (non-hydrogen) atoms. The van der Waals surface area contributed by atoms with E-state index in [1.54, 1.807) is 16.7 Å². The van der Waals surface area contributed by atoms with Crippen molar-refractivity contribution in [3.63, 3.8) is 0 Å². The molecular weight excluding hydrogens is 316 g/mol. The van der Waals surface area contributed by atoms with Gasteiger partial charge in [0.1, 0.15) is 0 Å². The van der Waals surface area contributed by atoms with E-state index in [2.05, 4.69) is 31.7 Å². The molecule has 5 unspecified atom stereocenters. The third-order valence-corrected chi connectivity index (χ3v) is 7.62. The number of benzene rings is 1. The van der Waals surface area contributed by atoms with Gasteiger partial charge in [-0.3, -0.25) is 0 Å². The minimum atomic E-state index is 0.487. The van der Waals surface area contributed by atoms with Crippen LogP contribution in [-0.2, 0) is 17.6 Å². The fourth-order valence-corrected chi connectivity index (χ4v) is 5.96. The van der Waals surface area contributed by atoms with E-state index in [0.717, 1.165) is 30.3 Å². The van der Waals surface area contributed by atoms with Crippen molar-refractivity contribution in [2.24, 2.45) is 17.8 Å². The Morgan fingerprint density at radius 3 is 2.73 bits per heavy atom. The van der Waals surface area contributed by atoms with Crippen LogP contribution in [0.2, 0.25) is 0 Å². The SMILES string of the molecule is C=CCOC1CCC2CC(c3ccc4c(c3)CCC(CC)C4)CCC2C1. The Labute approximate surface area is 160 Å². The van der Waals surface area contributed by atoms with E-state index in [4.69, 9.17) is 4.74 Å². The van der Waals surface area contributed by atoms with E-state index in [0.29, 0.717) is 6.10 Å². The predicted octanol–water partition coefficient (Wildman–Crippen LogP) is 6.46. The number of rotatable bonds is 5. The quantitative estimate of drug-likeness (QED) is 0.553. The lowest BCUT2D eigenvalue weighted by atomic mass is 9.65. The molecule has 2 saturated carbocycles. The Kier molecular flexibility index (Phi) is 5.84. The Morgan fingerprint density at radius 1 is 1.04 bits per heavy atom. The van der Waals surface area contributed by atoms with Crippen LogP contribution < -0.4 is 0 Å². The summed E-state index contributed by atoms with van der Waals surface area (Å²) in [7, 11) is 0. The fraction of sp³-hybridized carbons (Fsp3) is 0.680. The first-order valence-electron chi connectivity index (χ1n) is 11.1. The number of fused-ring (bicyclic) bond motifs is 2. The summed E-state index contributed by atoms with van der Waals surface area (Å²) < 4.78 is 5.95. The topological polar surface area (TPSA) is 9.23 Å². The average molecular weight is 353 g/mol. The largest absolute Gasteiger partial charge is 0.374 e. The molecule has 0 amide bonds. The van der Waals surface area contributed by atoms with Gasteiger partial charge in [0, 0.05) is 0 Å². The second-order valence-corrected chi connectivity index (χ2v) is 9.13. The molecule has 0 aliphatic heterocycles. The highest BCUT2D eigenvalue weighted by Crippen LogP contribution is 2.47. The van der Waals surface area contributed by atoms with E-state index in [9.17, 15) is 0 Å². The van der Waals surface area contributed by atoms with Gasteiger partial charge in [-0.1, -0.05) is 37.6 Å². The second-order valence-electron chi connectivity index (χ2n) is 9.13. The molecule has 0 aromatic heterocycles. The summed E-state index contributed by atoms with van der Waals surface area (Å²) in [6, 6.07) is 7.53. The smallest absolute Gasteiger partial charge is 0.0648 e. The predicted molar refractivity (Wildman–Crippen MR) is 110 cm³/mol. The molecular formula is C25H36O. The zero-order chi connectivity index (χ0) is 17.9. The first kappa shape index (κ1) is 18.3. The first-order valence-corrected chi connectivity index (χ1v) is 11.1. The summed E-state index contributed by atoms with van der Waals surface area (Å²) in [5, 5.41) is 0. The summed E-state index contributed by atoms with van der Waals surface area (Å²) in [6.45, 7) is 6.85. The van der Waals surface area contributed by atoms with Crippen molar-refractivity contribution in [1.82, 2.24) is 0 Å². The van der Waals surface area contributed by atoms with Gasteiger partial charge >= 0.3 is 0 Å². The minimum Gasteiger partial charge on any atom is -0.374 e. The van der Waals surface area contributed by atoms with Crippen molar-refractivity contribution in [3.05, 3.63) is 47.5 Å². The summed E-state index contributed by atoms with van der Waals surface area (Å²) in [4.78, 5) is 0. The van der Waals surface area contributed by atoms with Gasteiger partial charge in [-0.15, -0.1) is 6.58 Å². The molecule has 2 fully saturated rings. The lowest BCUT2D eigenvalue weighted by molar-refractivity contribution is -0.00310. The highest BCUT2D eigenvalue weighted by atomic mass is 16.5. The summed E-state index contributed by atoms with van der Waals surface area (Å²) in [6.07, 6.45) is 15.8. The first-order chi connectivity index (χ1) is 12.8. The van der Waals surface area contributed by atoms with Crippen molar-refractivity contribution in [3.8, 4) is 0 Å². The molecule has 3 aliphatic carbocycles. The zero-order valence-electron chi connectivity index (χ0n) is 16.6. The molecule has 0 radical (unpaired) electrons. The molecule has 0 saturated heterocycles. The summed E-state index contributed by atoms with van der Waals surface area (Å²) >= 11 is 0. The molecule has 0 heterocycles. The highest BCUT2D eigenvalue weighted by Gasteiger charge is 2.36.